The molecule has 2 aromatic carbocycles. The van der Waals surface area contributed by atoms with Crippen molar-refractivity contribution >= 4 is 34.2 Å². The first kappa shape index (κ1) is 20.0. The van der Waals surface area contributed by atoms with Crippen LogP contribution in [0, 0.1) is 6.92 Å². The van der Waals surface area contributed by atoms with Gasteiger partial charge in [-0.15, -0.1) is 0 Å². The summed E-state index contributed by atoms with van der Waals surface area (Å²) in [6, 6.07) is 19.9. The molecule has 1 N–H and O–H groups in total. The van der Waals surface area contributed by atoms with E-state index in [2.05, 4.69) is 25.0 Å². The molecular weight excluding hydrogens is 426 g/mol. The number of nitrogens with zero attached hydrogens (tertiary/aromatic N) is 6. The molecule has 0 bridgehead atoms. The summed E-state index contributed by atoms with van der Waals surface area (Å²) in [4.78, 5) is 26.4. The molecule has 1 aliphatic rings. The first-order chi connectivity index (χ1) is 16.6. The SMILES string of the molecule is Cc1nc2cnccc2n1-c1ccc(C2=Nc3c(-c4ccccc4)nn(C)c3NC(=O)C2)cc1. The Morgan fingerprint density at radius 1 is 0.971 bits per heavy atom. The fraction of sp³-hybridized carbons (Fsp3) is 0.115. The van der Waals surface area contributed by atoms with Crippen LogP contribution in [-0.4, -0.2) is 35.9 Å². The zero-order valence-corrected chi connectivity index (χ0v) is 18.7. The van der Waals surface area contributed by atoms with E-state index in [1.54, 1.807) is 17.1 Å². The zero-order chi connectivity index (χ0) is 23.2. The summed E-state index contributed by atoms with van der Waals surface area (Å²) >= 11 is 0. The van der Waals surface area contributed by atoms with Crippen molar-refractivity contribution in [2.75, 3.05) is 5.32 Å². The zero-order valence-electron chi connectivity index (χ0n) is 18.7. The van der Waals surface area contributed by atoms with Gasteiger partial charge in [-0.2, -0.15) is 5.10 Å². The highest BCUT2D eigenvalue weighted by Crippen LogP contribution is 2.38. The van der Waals surface area contributed by atoms with Crippen LogP contribution in [0.4, 0.5) is 11.5 Å². The van der Waals surface area contributed by atoms with Crippen LogP contribution in [0.5, 0.6) is 0 Å². The first-order valence-corrected chi connectivity index (χ1v) is 11.0. The van der Waals surface area contributed by atoms with Crippen LogP contribution >= 0.6 is 0 Å². The number of carbonyl (C=O) groups excluding carboxylic acids is 1. The number of aliphatic imine (C=N–C) groups is 1. The molecule has 166 valence electrons. The maximum absolute atomic E-state index is 12.7. The van der Waals surface area contributed by atoms with Gasteiger partial charge in [-0.25, -0.2) is 14.7 Å². The van der Waals surface area contributed by atoms with Crippen molar-refractivity contribution < 1.29 is 4.79 Å². The van der Waals surface area contributed by atoms with Gasteiger partial charge in [0.25, 0.3) is 0 Å². The molecule has 0 saturated heterocycles. The highest BCUT2D eigenvalue weighted by Gasteiger charge is 2.24. The highest BCUT2D eigenvalue weighted by molar-refractivity contribution is 6.17. The molecule has 5 aromatic rings. The Balaban J connectivity index is 1.44. The summed E-state index contributed by atoms with van der Waals surface area (Å²) in [7, 11) is 1.81. The lowest BCUT2D eigenvalue weighted by atomic mass is 10.1. The lowest BCUT2D eigenvalue weighted by molar-refractivity contribution is -0.115. The van der Waals surface area contributed by atoms with Gasteiger partial charge in [0.05, 0.1) is 23.8 Å². The minimum atomic E-state index is -0.117. The molecule has 0 atom stereocenters. The normalized spacial score (nSPS) is 13.4. The van der Waals surface area contributed by atoms with Crippen LogP contribution in [0.15, 0.2) is 78.0 Å². The molecule has 0 fully saturated rings. The minimum absolute atomic E-state index is 0.117. The standard InChI is InChI=1S/C26H21N7O/c1-16-28-21-15-27-13-12-22(21)33(16)19-10-8-17(9-11-19)20-14-23(34)30-26-25(29-20)24(31-32(26)2)18-6-4-3-5-7-18/h3-13,15H,14H2,1-2H3,(H,30,34). The number of aryl methyl sites for hydroxylation is 2. The molecule has 0 aliphatic carbocycles. The second-order valence-corrected chi connectivity index (χ2v) is 8.22. The number of benzene rings is 2. The number of hydrogen-bond donors (Lipinski definition) is 1. The number of aromatic nitrogens is 5. The van der Waals surface area contributed by atoms with E-state index < -0.39 is 0 Å². The fourth-order valence-corrected chi connectivity index (χ4v) is 4.40. The average molecular weight is 448 g/mol. The largest absolute Gasteiger partial charge is 0.309 e. The predicted octanol–water partition coefficient (Wildman–Crippen LogP) is 4.59. The third-order valence-electron chi connectivity index (χ3n) is 5.99. The number of hydrogen-bond acceptors (Lipinski definition) is 5. The van der Waals surface area contributed by atoms with Crippen LogP contribution in [0.2, 0.25) is 0 Å². The van der Waals surface area contributed by atoms with E-state index in [0.717, 1.165) is 39.4 Å². The van der Waals surface area contributed by atoms with Gasteiger partial charge in [-0.3, -0.25) is 14.3 Å². The van der Waals surface area contributed by atoms with E-state index >= 15 is 0 Å². The Bertz CT molecular complexity index is 1580. The quantitative estimate of drug-likeness (QED) is 0.438. The van der Waals surface area contributed by atoms with Crippen molar-refractivity contribution in [1.82, 2.24) is 24.3 Å². The van der Waals surface area contributed by atoms with E-state index in [9.17, 15) is 4.79 Å². The van der Waals surface area contributed by atoms with E-state index in [-0.39, 0.29) is 12.3 Å². The van der Waals surface area contributed by atoms with Gasteiger partial charge in [-0.05, 0) is 30.7 Å². The molecule has 3 aromatic heterocycles. The molecule has 1 amide bonds. The van der Waals surface area contributed by atoms with Gasteiger partial charge in [0.1, 0.15) is 22.7 Å². The summed E-state index contributed by atoms with van der Waals surface area (Å²) in [5.74, 6) is 1.37. The summed E-state index contributed by atoms with van der Waals surface area (Å²) in [6.45, 7) is 1.97. The second kappa shape index (κ2) is 7.77. The third-order valence-corrected chi connectivity index (χ3v) is 5.99. The monoisotopic (exact) mass is 447 g/mol. The van der Waals surface area contributed by atoms with Gasteiger partial charge >= 0.3 is 0 Å². The minimum Gasteiger partial charge on any atom is -0.309 e. The third kappa shape index (κ3) is 3.27. The van der Waals surface area contributed by atoms with Crippen LogP contribution in [-0.2, 0) is 11.8 Å². The Labute approximate surface area is 195 Å². The second-order valence-electron chi connectivity index (χ2n) is 8.22. The molecule has 0 saturated carbocycles. The summed E-state index contributed by atoms with van der Waals surface area (Å²) < 4.78 is 3.77. The number of nitrogens with one attached hydrogen (secondary N) is 1. The number of pyridine rings is 1. The molecule has 34 heavy (non-hydrogen) atoms. The van der Waals surface area contributed by atoms with Crippen LogP contribution < -0.4 is 5.32 Å². The van der Waals surface area contributed by atoms with Crippen molar-refractivity contribution in [3.8, 4) is 16.9 Å². The molecule has 8 nitrogen and oxygen atoms in total. The molecular formula is C26H21N7O. The highest BCUT2D eigenvalue weighted by atomic mass is 16.1. The lowest BCUT2D eigenvalue weighted by Gasteiger charge is -2.09. The number of imidazole rings is 1. The van der Waals surface area contributed by atoms with Crippen molar-refractivity contribution in [2.24, 2.45) is 12.0 Å². The summed E-state index contributed by atoms with van der Waals surface area (Å²) in [6.07, 6.45) is 3.71. The maximum atomic E-state index is 12.7. The summed E-state index contributed by atoms with van der Waals surface area (Å²) in [5.41, 5.74) is 6.78. The van der Waals surface area contributed by atoms with Gasteiger partial charge < -0.3 is 5.32 Å². The smallest absolute Gasteiger partial charge is 0.231 e. The van der Waals surface area contributed by atoms with Crippen LogP contribution in [0.3, 0.4) is 0 Å². The molecule has 6 rings (SSSR count). The topological polar surface area (TPSA) is 90.0 Å². The molecule has 0 radical (unpaired) electrons. The molecule has 1 aliphatic heterocycles. The molecule has 0 unspecified atom stereocenters. The van der Waals surface area contributed by atoms with Gasteiger partial charge in [0, 0.05) is 24.5 Å². The van der Waals surface area contributed by atoms with Crippen molar-refractivity contribution in [1.29, 1.82) is 0 Å². The number of anilines is 1. The van der Waals surface area contributed by atoms with Gasteiger partial charge in [0.2, 0.25) is 5.91 Å². The Morgan fingerprint density at radius 3 is 2.56 bits per heavy atom. The molecule has 8 heteroatoms. The number of rotatable bonds is 3. The van der Waals surface area contributed by atoms with Crippen molar-refractivity contribution in [3.05, 3.63) is 84.4 Å². The van der Waals surface area contributed by atoms with E-state index in [1.807, 2.05) is 74.6 Å². The van der Waals surface area contributed by atoms with Crippen molar-refractivity contribution in [3.63, 3.8) is 0 Å². The lowest BCUT2D eigenvalue weighted by Crippen LogP contribution is -2.17. The average Bonchev–Trinajstić information content (AvgIpc) is 3.28. The summed E-state index contributed by atoms with van der Waals surface area (Å²) in [5, 5.41) is 7.60. The number of amides is 1. The number of fused-ring (bicyclic) bond motifs is 2. The van der Waals surface area contributed by atoms with E-state index in [4.69, 9.17) is 4.99 Å². The Kier molecular flexibility index (Phi) is 4.58. The fourth-order valence-electron chi connectivity index (χ4n) is 4.40. The van der Waals surface area contributed by atoms with Crippen LogP contribution in [0.1, 0.15) is 17.8 Å². The van der Waals surface area contributed by atoms with E-state index in [0.29, 0.717) is 17.2 Å². The van der Waals surface area contributed by atoms with E-state index in [1.165, 1.54) is 0 Å². The van der Waals surface area contributed by atoms with Gasteiger partial charge in [-0.1, -0.05) is 42.5 Å². The molecule has 0 spiro atoms. The molecule has 4 heterocycles. The van der Waals surface area contributed by atoms with Crippen molar-refractivity contribution in [2.45, 2.75) is 13.3 Å². The van der Waals surface area contributed by atoms with Crippen LogP contribution in [0.25, 0.3) is 28.0 Å². The maximum Gasteiger partial charge on any atom is 0.231 e. The first-order valence-electron chi connectivity index (χ1n) is 11.0. The number of carbonyl (C=O) groups is 1. The van der Waals surface area contributed by atoms with Gasteiger partial charge in [0.15, 0.2) is 5.82 Å². The Morgan fingerprint density at radius 2 is 1.76 bits per heavy atom. The predicted molar refractivity (Wildman–Crippen MR) is 132 cm³/mol. The Hall–Kier alpha value is -4.59.